The molecule has 0 fully saturated rings. The average molecular weight is 247 g/mol. The second-order valence-electron chi connectivity index (χ2n) is 4.15. The van der Waals surface area contributed by atoms with Crippen LogP contribution in [-0.2, 0) is 11.8 Å². The third kappa shape index (κ3) is 2.01. The summed E-state index contributed by atoms with van der Waals surface area (Å²) in [5.41, 5.74) is 1.99. The highest BCUT2D eigenvalue weighted by molar-refractivity contribution is 5.83. The molecule has 1 heterocycles. The van der Waals surface area contributed by atoms with E-state index in [0.717, 1.165) is 11.1 Å². The molecule has 3 nitrogen and oxygen atoms in total. The van der Waals surface area contributed by atoms with Crippen LogP contribution in [0.25, 0.3) is 17.0 Å². The molecule has 4 heteroatoms. The smallest absolute Gasteiger partial charge is 0.190 e. The van der Waals surface area contributed by atoms with E-state index in [0.29, 0.717) is 11.1 Å². The van der Waals surface area contributed by atoms with Gasteiger partial charge in [-0.05, 0) is 30.7 Å². The minimum Gasteiger partial charge on any atom is -0.504 e. The summed E-state index contributed by atoms with van der Waals surface area (Å²) in [4.78, 5) is 12.0. The third-order valence-electron chi connectivity index (χ3n) is 2.91. The molecule has 1 aromatic carbocycles. The maximum atomic E-state index is 13.3. The van der Waals surface area contributed by atoms with Crippen LogP contribution in [0.5, 0.6) is 0 Å². The van der Waals surface area contributed by atoms with E-state index in [2.05, 4.69) is 0 Å². The van der Waals surface area contributed by atoms with E-state index in [4.69, 9.17) is 4.74 Å². The van der Waals surface area contributed by atoms with Crippen LogP contribution < -0.4 is 5.43 Å². The van der Waals surface area contributed by atoms with Crippen LogP contribution in [0.4, 0.5) is 4.39 Å². The number of nitrogens with zero attached hydrogens (tertiary/aromatic N) is 1. The Bertz CT molecular complexity index is 686. The highest BCUT2D eigenvalue weighted by Crippen LogP contribution is 2.18. The maximum absolute atomic E-state index is 13.3. The summed E-state index contributed by atoms with van der Waals surface area (Å²) in [6.45, 7) is 1.79. The van der Waals surface area contributed by atoms with Gasteiger partial charge in [0.2, 0.25) is 0 Å². The molecular formula is C14H14FNO2. The first-order chi connectivity index (χ1) is 8.54. The van der Waals surface area contributed by atoms with Gasteiger partial charge in [-0.3, -0.25) is 4.79 Å². The highest BCUT2D eigenvalue weighted by Gasteiger charge is 2.09. The summed E-state index contributed by atoms with van der Waals surface area (Å²) in [5.74, 6) is -0.391. The predicted molar refractivity (Wildman–Crippen MR) is 69.9 cm³/mol. The van der Waals surface area contributed by atoms with E-state index in [9.17, 15) is 9.18 Å². The first-order valence-corrected chi connectivity index (χ1v) is 5.54. The van der Waals surface area contributed by atoms with Gasteiger partial charge < -0.3 is 9.30 Å². The van der Waals surface area contributed by atoms with Crippen molar-refractivity contribution in [1.29, 1.82) is 0 Å². The van der Waals surface area contributed by atoms with Gasteiger partial charge in [-0.2, -0.15) is 0 Å². The Morgan fingerprint density at radius 2 is 2.06 bits per heavy atom. The van der Waals surface area contributed by atoms with Crippen LogP contribution in [0.3, 0.4) is 0 Å². The van der Waals surface area contributed by atoms with E-state index >= 15 is 0 Å². The average Bonchev–Trinajstić information content (AvgIpc) is 2.31. The Labute approximate surface area is 104 Å². The number of hydrogen-bond acceptors (Lipinski definition) is 2. The topological polar surface area (TPSA) is 31.2 Å². The minimum absolute atomic E-state index is 0.193. The molecule has 1 aromatic heterocycles. The van der Waals surface area contributed by atoms with Gasteiger partial charge >= 0.3 is 0 Å². The SMILES string of the molecule is CO/C=C/c1cc(=O)c2cc(F)cc(C)c2n1C. The van der Waals surface area contributed by atoms with E-state index < -0.39 is 5.82 Å². The predicted octanol–water partition coefficient (Wildman–Crippen LogP) is 2.60. The zero-order valence-electron chi connectivity index (χ0n) is 10.5. The fourth-order valence-electron chi connectivity index (χ4n) is 2.10. The largest absolute Gasteiger partial charge is 0.504 e. The quantitative estimate of drug-likeness (QED) is 0.764. The number of aryl methyl sites for hydroxylation is 2. The third-order valence-corrected chi connectivity index (χ3v) is 2.91. The van der Waals surface area contributed by atoms with Gasteiger partial charge in [0.1, 0.15) is 5.82 Å². The number of hydrogen-bond donors (Lipinski definition) is 0. The van der Waals surface area contributed by atoms with Gasteiger partial charge in [-0.25, -0.2) is 4.39 Å². The number of benzene rings is 1. The number of aromatic nitrogens is 1. The Kier molecular flexibility index (Phi) is 3.19. The molecule has 18 heavy (non-hydrogen) atoms. The number of pyridine rings is 1. The molecule has 0 bridgehead atoms. The monoisotopic (exact) mass is 247 g/mol. The summed E-state index contributed by atoms with van der Waals surface area (Å²) >= 11 is 0. The van der Waals surface area contributed by atoms with Crippen molar-refractivity contribution < 1.29 is 9.13 Å². The molecule has 0 atom stereocenters. The molecule has 0 aliphatic rings. The van der Waals surface area contributed by atoms with Crippen molar-refractivity contribution in [3.05, 3.63) is 51.8 Å². The molecule has 0 amide bonds. The van der Waals surface area contributed by atoms with E-state index in [1.54, 1.807) is 13.0 Å². The van der Waals surface area contributed by atoms with Crippen molar-refractivity contribution in [3.8, 4) is 0 Å². The van der Waals surface area contributed by atoms with Crippen molar-refractivity contribution in [1.82, 2.24) is 4.57 Å². The molecule has 0 saturated carbocycles. The molecular weight excluding hydrogens is 233 g/mol. The van der Waals surface area contributed by atoms with Crippen molar-refractivity contribution in [3.63, 3.8) is 0 Å². The summed E-state index contributed by atoms with van der Waals surface area (Å²) in [6, 6.07) is 4.16. The van der Waals surface area contributed by atoms with Crippen LogP contribution in [0.1, 0.15) is 11.3 Å². The lowest BCUT2D eigenvalue weighted by Gasteiger charge is -2.12. The molecule has 2 rings (SSSR count). The summed E-state index contributed by atoms with van der Waals surface area (Å²) in [5, 5.41) is 0.393. The normalized spacial score (nSPS) is 11.3. The zero-order valence-corrected chi connectivity index (χ0v) is 10.5. The van der Waals surface area contributed by atoms with Gasteiger partial charge in [-0.15, -0.1) is 0 Å². The van der Waals surface area contributed by atoms with E-state index in [1.165, 1.54) is 31.6 Å². The number of rotatable bonds is 2. The Morgan fingerprint density at radius 1 is 1.33 bits per heavy atom. The number of halogens is 1. The Hall–Kier alpha value is -2.10. The molecule has 0 saturated heterocycles. The number of methoxy groups -OCH3 is 1. The molecule has 0 aliphatic carbocycles. The van der Waals surface area contributed by atoms with Gasteiger partial charge in [0.15, 0.2) is 5.43 Å². The second-order valence-corrected chi connectivity index (χ2v) is 4.15. The zero-order chi connectivity index (χ0) is 13.3. The molecule has 0 spiro atoms. The van der Waals surface area contributed by atoms with Crippen molar-refractivity contribution >= 4 is 17.0 Å². The fraction of sp³-hybridized carbons (Fsp3) is 0.214. The van der Waals surface area contributed by atoms with Crippen molar-refractivity contribution in [2.45, 2.75) is 6.92 Å². The van der Waals surface area contributed by atoms with Crippen molar-refractivity contribution in [2.24, 2.45) is 7.05 Å². The number of ether oxygens (including phenoxy) is 1. The van der Waals surface area contributed by atoms with Gasteiger partial charge in [0.05, 0.1) is 18.9 Å². The van der Waals surface area contributed by atoms with Crippen molar-refractivity contribution in [2.75, 3.05) is 7.11 Å². The van der Waals surface area contributed by atoms with Crippen LogP contribution in [0.2, 0.25) is 0 Å². The highest BCUT2D eigenvalue weighted by atomic mass is 19.1. The Balaban J connectivity index is 2.86. The summed E-state index contributed by atoms with van der Waals surface area (Å²) in [6.07, 6.45) is 3.20. The molecule has 0 N–H and O–H groups in total. The van der Waals surface area contributed by atoms with E-state index in [-0.39, 0.29) is 5.43 Å². The first-order valence-electron chi connectivity index (χ1n) is 5.54. The van der Waals surface area contributed by atoms with Gasteiger partial charge in [0.25, 0.3) is 0 Å². The van der Waals surface area contributed by atoms with Crippen LogP contribution in [0, 0.1) is 12.7 Å². The van der Waals surface area contributed by atoms with Gasteiger partial charge in [0, 0.05) is 24.2 Å². The molecule has 0 aliphatic heterocycles. The molecule has 0 unspecified atom stereocenters. The lowest BCUT2D eigenvalue weighted by atomic mass is 10.1. The summed E-state index contributed by atoms with van der Waals surface area (Å²) in [7, 11) is 3.37. The summed E-state index contributed by atoms with van der Waals surface area (Å²) < 4.78 is 20.0. The number of fused-ring (bicyclic) bond motifs is 1. The standard InChI is InChI=1S/C14H14FNO2/c1-9-6-10(15)7-12-13(17)8-11(4-5-18-3)16(2)14(9)12/h4-8H,1-3H3/b5-4+. The first kappa shape index (κ1) is 12.4. The second kappa shape index (κ2) is 4.64. The molecule has 2 aromatic rings. The fourth-order valence-corrected chi connectivity index (χ4v) is 2.10. The molecule has 94 valence electrons. The van der Waals surface area contributed by atoms with E-state index in [1.807, 2.05) is 11.6 Å². The molecule has 0 radical (unpaired) electrons. The van der Waals surface area contributed by atoms with Crippen LogP contribution >= 0.6 is 0 Å². The maximum Gasteiger partial charge on any atom is 0.190 e. The minimum atomic E-state index is -0.391. The van der Waals surface area contributed by atoms with Crippen LogP contribution in [-0.4, -0.2) is 11.7 Å². The van der Waals surface area contributed by atoms with Gasteiger partial charge in [-0.1, -0.05) is 0 Å². The Morgan fingerprint density at radius 3 is 2.72 bits per heavy atom. The lowest BCUT2D eigenvalue weighted by molar-refractivity contribution is 0.341. The van der Waals surface area contributed by atoms with Crippen LogP contribution in [0.15, 0.2) is 29.3 Å². The lowest BCUT2D eigenvalue weighted by Crippen LogP contribution is -2.10.